The van der Waals surface area contributed by atoms with Crippen molar-refractivity contribution >= 4 is 27.6 Å². The smallest absolute Gasteiger partial charge is 0.243 e. The van der Waals surface area contributed by atoms with Crippen molar-refractivity contribution in [1.29, 1.82) is 0 Å². The number of hydrogen-bond donors (Lipinski definition) is 1. The van der Waals surface area contributed by atoms with Gasteiger partial charge in [0.2, 0.25) is 16.0 Å². The van der Waals surface area contributed by atoms with Crippen LogP contribution >= 0.6 is 11.6 Å². The molecule has 2 aromatic heterocycles. The minimum absolute atomic E-state index is 0.00521. The van der Waals surface area contributed by atoms with Gasteiger partial charge in [-0.15, -0.1) is 10.2 Å². The molecule has 1 aliphatic heterocycles. The summed E-state index contributed by atoms with van der Waals surface area (Å²) in [5.74, 6) is 1.19. The van der Waals surface area contributed by atoms with Crippen molar-refractivity contribution < 1.29 is 22.6 Å². The van der Waals surface area contributed by atoms with Gasteiger partial charge in [0.1, 0.15) is 29.1 Å². The van der Waals surface area contributed by atoms with E-state index in [1.54, 1.807) is 36.6 Å². The summed E-state index contributed by atoms with van der Waals surface area (Å²) in [4.78, 5) is 8.34. The molecular formula is C22H27ClN6O5S. The topological polar surface area (TPSA) is 130 Å². The van der Waals surface area contributed by atoms with Crippen LogP contribution in [0.3, 0.4) is 0 Å². The van der Waals surface area contributed by atoms with Crippen molar-refractivity contribution in [2.24, 2.45) is 0 Å². The third-order valence-electron chi connectivity index (χ3n) is 6.01. The average Bonchev–Trinajstić information content (AvgIpc) is 3.52. The van der Waals surface area contributed by atoms with Crippen LogP contribution in [0.2, 0.25) is 5.02 Å². The molecule has 3 atom stereocenters. The molecule has 1 fully saturated rings. The van der Waals surface area contributed by atoms with Gasteiger partial charge in [-0.1, -0.05) is 24.6 Å². The zero-order valence-electron chi connectivity index (χ0n) is 19.8. The van der Waals surface area contributed by atoms with E-state index < -0.39 is 21.2 Å². The number of ether oxygens (including phenoxy) is 3. The summed E-state index contributed by atoms with van der Waals surface area (Å²) in [6.07, 6.45) is 4.10. The van der Waals surface area contributed by atoms with E-state index in [1.165, 1.54) is 26.6 Å². The van der Waals surface area contributed by atoms with Crippen molar-refractivity contribution in [3.8, 4) is 17.2 Å². The van der Waals surface area contributed by atoms with Crippen molar-refractivity contribution in [3.05, 3.63) is 47.3 Å². The molecule has 0 unspecified atom stereocenters. The maximum absolute atomic E-state index is 13.4. The lowest BCUT2D eigenvalue weighted by molar-refractivity contribution is 0.103. The minimum atomic E-state index is -3.96. The lowest BCUT2D eigenvalue weighted by Gasteiger charge is -2.22. The summed E-state index contributed by atoms with van der Waals surface area (Å²) < 4.78 is 48.0. The number of halogens is 1. The Morgan fingerprint density at radius 2 is 1.80 bits per heavy atom. The standard InChI is InChI=1S/C22H27ClN6O5S/c1-13(20-24-11-15(23)12-25-20)14(2)35(30,31)28-22-27-26-21(18-9-6-10-34-18)29(22)19-16(32-3)7-5-8-17(19)33-4/h5,7-8,11-14,18H,6,9-10H2,1-4H3,(H,27,28)/t13-,14-,18-/m0/s1. The van der Waals surface area contributed by atoms with Crippen LogP contribution in [0.5, 0.6) is 11.5 Å². The van der Waals surface area contributed by atoms with Crippen LogP contribution in [0.25, 0.3) is 5.69 Å². The third-order valence-corrected chi connectivity index (χ3v) is 8.06. The van der Waals surface area contributed by atoms with Gasteiger partial charge in [0.15, 0.2) is 5.82 Å². The number of nitrogens with zero attached hydrogens (tertiary/aromatic N) is 5. The Bertz CT molecular complexity index is 1260. The van der Waals surface area contributed by atoms with E-state index in [0.717, 1.165) is 12.8 Å². The van der Waals surface area contributed by atoms with Gasteiger partial charge in [0.25, 0.3) is 0 Å². The van der Waals surface area contributed by atoms with Gasteiger partial charge in [-0.2, -0.15) is 0 Å². The maximum atomic E-state index is 13.4. The van der Waals surface area contributed by atoms with Gasteiger partial charge in [-0.05, 0) is 31.9 Å². The molecule has 1 aliphatic rings. The van der Waals surface area contributed by atoms with Crippen molar-refractivity contribution in [1.82, 2.24) is 24.7 Å². The van der Waals surface area contributed by atoms with Crippen molar-refractivity contribution in [2.45, 2.75) is 44.0 Å². The second kappa shape index (κ2) is 10.3. The monoisotopic (exact) mass is 522 g/mol. The maximum Gasteiger partial charge on any atom is 0.243 e. The molecule has 0 amide bonds. The van der Waals surface area contributed by atoms with Crippen LogP contribution in [0.1, 0.15) is 50.4 Å². The number of hydrogen-bond acceptors (Lipinski definition) is 9. The Hall–Kier alpha value is -2.96. The second-order valence-corrected chi connectivity index (χ2v) is 10.6. The molecule has 1 aromatic carbocycles. The van der Waals surface area contributed by atoms with Gasteiger partial charge in [0.05, 0.1) is 24.5 Å². The first-order valence-corrected chi connectivity index (χ1v) is 13.0. The molecule has 0 aliphatic carbocycles. The molecule has 4 rings (SSSR count). The second-order valence-electron chi connectivity index (χ2n) is 8.13. The lowest BCUT2D eigenvalue weighted by atomic mass is 10.1. The fourth-order valence-electron chi connectivity index (χ4n) is 3.88. The SMILES string of the molecule is COc1cccc(OC)c1-n1c(NS(=O)(=O)[C@@H](C)[C@H](C)c2ncc(Cl)cn2)nnc1[C@@H]1CCCO1. The van der Waals surface area contributed by atoms with Crippen molar-refractivity contribution in [3.63, 3.8) is 0 Å². The highest BCUT2D eigenvalue weighted by Gasteiger charge is 2.34. The summed E-state index contributed by atoms with van der Waals surface area (Å²) in [5.41, 5.74) is 0.465. The molecule has 11 nitrogen and oxygen atoms in total. The normalized spacial score (nSPS) is 17.7. The molecule has 0 radical (unpaired) electrons. The number of anilines is 1. The Labute approximate surface area is 208 Å². The van der Waals surface area contributed by atoms with Crippen LogP contribution in [-0.2, 0) is 14.8 Å². The molecular weight excluding hydrogens is 496 g/mol. The number of methoxy groups -OCH3 is 2. The molecule has 1 saturated heterocycles. The van der Waals surface area contributed by atoms with E-state index in [4.69, 9.17) is 25.8 Å². The fourth-order valence-corrected chi connectivity index (χ4v) is 5.21. The number of rotatable bonds is 9. The number of benzene rings is 1. The number of nitrogens with one attached hydrogen (secondary N) is 1. The van der Waals surface area contributed by atoms with Crippen LogP contribution in [-0.4, -0.2) is 59.2 Å². The zero-order chi connectivity index (χ0) is 25.2. The first-order chi connectivity index (χ1) is 16.8. The minimum Gasteiger partial charge on any atom is -0.494 e. The third kappa shape index (κ3) is 5.04. The Balaban J connectivity index is 1.76. The Morgan fingerprint density at radius 3 is 2.37 bits per heavy atom. The van der Waals surface area contributed by atoms with E-state index in [-0.39, 0.29) is 12.1 Å². The predicted molar refractivity (Wildman–Crippen MR) is 130 cm³/mol. The lowest BCUT2D eigenvalue weighted by Crippen LogP contribution is -2.31. The number of sulfonamides is 1. The summed E-state index contributed by atoms with van der Waals surface area (Å²) >= 11 is 5.87. The zero-order valence-corrected chi connectivity index (χ0v) is 21.4. The first kappa shape index (κ1) is 25.1. The van der Waals surface area contributed by atoms with Crippen LogP contribution < -0.4 is 14.2 Å². The summed E-state index contributed by atoms with van der Waals surface area (Å²) in [6.45, 7) is 3.90. The molecule has 0 spiro atoms. The first-order valence-electron chi connectivity index (χ1n) is 11.0. The van der Waals surface area contributed by atoms with E-state index in [9.17, 15) is 8.42 Å². The van der Waals surface area contributed by atoms with Gasteiger partial charge >= 0.3 is 0 Å². The van der Waals surface area contributed by atoms with E-state index in [1.807, 2.05) is 0 Å². The highest BCUT2D eigenvalue weighted by Crippen LogP contribution is 2.39. The van der Waals surface area contributed by atoms with E-state index in [2.05, 4.69) is 24.9 Å². The fraction of sp³-hybridized carbons (Fsp3) is 0.455. The molecule has 3 heterocycles. The largest absolute Gasteiger partial charge is 0.494 e. The molecule has 0 saturated carbocycles. The van der Waals surface area contributed by atoms with Gasteiger partial charge in [-0.25, -0.2) is 18.4 Å². The quantitative estimate of drug-likeness (QED) is 0.448. The molecule has 13 heteroatoms. The van der Waals surface area contributed by atoms with Gasteiger partial charge < -0.3 is 14.2 Å². The molecule has 1 N–H and O–H groups in total. The number of para-hydroxylation sites is 1. The number of aromatic nitrogens is 5. The summed E-state index contributed by atoms with van der Waals surface area (Å²) in [5, 5.41) is 7.94. The van der Waals surface area contributed by atoms with E-state index >= 15 is 0 Å². The van der Waals surface area contributed by atoms with Gasteiger partial charge in [0, 0.05) is 24.9 Å². The highest BCUT2D eigenvalue weighted by atomic mass is 35.5. The molecule has 3 aromatic rings. The Morgan fingerprint density at radius 1 is 1.14 bits per heavy atom. The molecule has 0 bridgehead atoms. The highest BCUT2D eigenvalue weighted by molar-refractivity contribution is 7.93. The molecule has 35 heavy (non-hydrogen) atoms. The van der Waals surface area contributed by atoms with Crippen LogP contribution in [0.15, 0.2) is 30.6 Å². The predicted octanol–water partition coefficient (Wildman–Crippen LogP) is 3.51. The van der Waals surface area contributed by atoms with Gasteiger partial charge in [-0.3, -0.25) is 9.29 Å². The van der Waals surface area contributed by atoms with Crippen LogP contribution in [0, 0.1) is 0 Å². The summed E-state index contributed by atoms with van der Waals surface area (Å²) in [7, 11) is -0.916. The van der Waals surface area contributed by atoms with Crippen molar-refractivity contribution in [2.75, 3.05) is 25.5 Å². The summed E-state index contributed by atoms with van der Waals surface area (Å²) in [6, 6.07) is 5.27. The molecule has 188 valence electrons. The Kier molecular flexibility index (Phi) is 7.43. The van der Waals surface area contributed by atoms with E-state index in [0.29, 0.717) is 40.5 Å². The van der Waals surface area contributed by atoms with Crippen LogP contribution in [0.4, 0.5) is 5.95 Å². The average molecular weight is 523 g/mol.